The zero-order valence-corrected chi connectivity index (χ0v) is 15.3. The number of ether oxygens (including phenoxy) is 1. The van der Waals surface area contributed by atoms with Gasteiger partial charge in [0.25, 0.3) is 0 Å². The fourth-order valence-corrected chi connectivity index (χ4v) is 4.78. The minimum absolute atomic E-state index is 0.979. The van der Waals surface area contributed by atoms with Gasteiger partial charge >= 0.3 is 0 Å². The molecule has 4 rings (SSSR count). The molecule has 24 heavy (non-hydrogen) atoms. The maximum absolute atomic E-state index is 5.34. The van der Waals surface area contributed by atoms with E-state index in [0.29, 0.717) is 0 Å². The first-order chi connectivity index (χ1) is 11.8. The highest BCUT2D eigenvalue weighted by molar-refractivity contribution is 7.10. The third-order valence-corrected chi connectivity index (χ3v) is 6.17. The summed E-state index contributed by atoms with van der Waals surface area (Å²) in [6, 6.07) is 8.94. The number of nitrogens with zero attached hydrogens (tertiary/aromatic N) is 2. The third-order valence-electron chi connectivity index (χ3n) is 5.20. The fraction of sp³-hybridized carbons (Fsp3) is 0.500. The smallest absolute Gasteiger partial charge is 0.119 e. The molecule has 1 aromatic carbocycles. The Morgan fingerprint density at radius 2 is 1.88 bits per heavy atom. The van der Waals surface area contributed by atoms with Crippen LogP contribution in [0.3, 0.4) is 0 Å². The summed E-state index contributed by atoms with van der Waals surface area (Å²) in [6.45, 7) is 6.96. The van der Waals surface area contributed by atoms with Gasteiger partial charge in [0.1, 0.15) is 5.75 Å². The molecule has 1 aromatic heterocycles. The fourth-order valence-electron chi connectivity index (χ4n) is 3.86. The van der Waals surface area contributed by atoms with Crippen molar-refractivity contribution < 1.29 is 4.74 Å². The van der Waals surface area contributed by atoms with Crippen LogP contribution in [0.2, 0.25) is 0 Å². The van der Waals surface area contributed by atoms with E-state index in [1.165, 1.54) is 47.5 Å². The van der Waals surface area contributed by atoms with Crippen molar-refractivity contribution in [1.29, 1.82) is 0 Å². The van der Waals surface area contributed by atoms with E-state index in [0.717, 1.165) is 38.3 Å². The van der Waals surface area contributed by atoms with Crippen LogP contribution in [0.25, 0.3) is 0 Å². The number of hydrogen-bond acceptors (Lipinski definition) is 4. The lowest BCUT2D eigenvalue weighted by molar-refractivity contribution is 0.247. The van der Waals surface area contributed by atoms with Crippen LogP contribution in [0.1, 0.15) is 34.4 Å². The quantitative estimate of drug-likeness (QED) is 0.819. The largest absolute Gasteiger partial charge is 0.497 e. The van der Waals surface area contributed by atoms with Crippen molar-refractivity contribution in [3.05, 3.63) is 51.2 Å². The first kappa shape index (κ1) is 16.1. The molecule has 1 fully saturated rings. The number of thiophene rings is 1. The number of hydrogen-bond donors (Lipinski definition) is 0. The van der Waals surface area contributed by atoms with E-state index in [1.54, 1.807) is 7.11 Å². The molecule has 0 bridgehead atoms. The van der Waals surface area contributed by atoms with Gasteiger partial charge in [0.05, 0.1) is 7.11 Å². The molecule has 0 spiro atoms. The highest BCUT2D eigenvalue weighted by Crippen LogP contribution is 2.26. The SMILES string of the molecule is COc1ccc2c(c1)CCN(Cc1cc(CN3CCCC3)cs1)C2. The van der Waals surface area contributed by atoms with E-state index in [1.807, 2.05) is 11.3 Å². The first-order valence-corrected chi connectivity index (χ1v) is 9.85. The minimum atomic E-state index is 0.979. The van der Waals surface area contributed by atoms with Gasteiger partial charge in [-0.05, 0) is 72.6 Å². The average molecular weight is 343 g/mol. The monoisotopic (exact) mass is 342 g/mol. The minimum Gasteiger partial charge on any atom is -0.497 e. The Morgan fingerprint density at radius 1 is 1.00 bits per heavy atom. The van der Waals surface area contributed by atoms with Gasteiger partial charge in [-0.25, -0.2) is 0 Å². The average Bonchev–Trinajstić information content (AvgIpc) is 3.27. The number of likely N-dealkylation sites (tertiary alicyclic amines) is 1. The highest BCUT2D eigenvalue weighted by Gasteiger charge is 2.18. The molecular weight excluding hydrogens is 316 g/mol. The Morgan fingerprint density at radius 3 is 2.71 bits per heavy atom. The van der Waals surface area contributed by atoms with Crippen molar-refractivity contribution in [2.24, 2.45) is 0 Å². The lowest BCUT2D eigenvalue weighted by Gasteiger charge is -2.28. The molecule has 0 amide bonds. The Kier molecular flexibility index (Phi) is 4.88. The summed E-state index contributed by atoms with van der Waals surface area (Å²) in [5.41, 5.74) is 4.40. The van der Waals surface area contributed by atoms with Crippen LogP contribution in [-0.2, 0) is 26.1 Å². The molecule has 1 saturated heterocycles. The summed E-state index contributed by atoms with van der Waals surface area (Å²) in [5.74, 6) is 0.979. The van der Waals surface area contributed by atoms with Crippen LogP contribution in [-0.4, -0.2) is 36.5 Å². The van der Waals surface area contributed by atoms with Gasteiger partial charge in [0, 0.05) is 31.1 Å². The summed E-state index contributed by atoms with van der Waals surface area (Å²) in [6.07, 6.45) is 3.86. The molecule has 2 aliphatic heterocycles. The van der Waals surface area contributed by atoms with Gasteiger partial charge in [-0.1, -0.05) is 6.07 Å². The summed E-state index contributed by atoms with van der Waals surface area (Å²) >= 11 is 1.93. The van der Waals surface area contributed by atoms with Crippen LogP contribution >= 0.6 is 11.3 Å². The van der Waals surface area contributed by atoms with E-state index in [-0.39, 0.29) is 0 Å². The Balaban J connectivity index is 1.36. The zero-order chi connectivity index (χ0) is 16.4. The van der Waals surface area contributed by atoms with Crippen LogP contribution < -0.4 is 4.74 Å². The Labute approximate surface area is 148 Å². The van der Waals surface area contributed by atoms with Crippen molar-refractivity contribution in [2.45, 2.75) is 38.9 Å². The topological polar surface area (TPSA) is 15.7 Å². The van der Waals surface area contributed by atoms with E-state index >= 15 is 0 Å². The van der Waals surface area contributed by atoms with E-state index < -0.39 is 0 Å². The van der Waals surface area contributed by atoms with Gasteiger partial charge < -0.3 is 4.74 Å². The maximum Gasteiger partial charge on any atom is 0.119 e. The normalized spacial score (nSPS) is 18.7. The molecule has 3 nitrogen and oxygen atoms in total. The molecule has 128 valence electrons. The van der Waals surface area contributed by atoms with Gasteiger partial charge in [-0.3, -0.25) is 9.80 Å². The Hall–Kier alpha value is -1.36. The van der Waals surface area contributed by atoms with Crippen LogP contribution in [0.4, 0.5) is 0 Å². The van der Waals surface area contributed by atoms with Crippen LogP contribution in [0.5, 0.6) is 5.75 Å². The van der Waals surface area contributed by atoms with Gasteiger partial charge in [0.2, 0.25) is 0 Å². The molecule has 2 aliphatic rings. The number of fused-ring (bicyclic) bond motifs is 1. The van der Waals surface area contributed by atoms with Crippen molar-refractivity contribution in [3.8, 4) is 5.75 Å². The molecule has 2 aromatic rings. The van der Waals surface area contributed by atoms with Crippen molar-refractivity contribution >= 4 is 11.3 Å². The number of rotatable bonds is 5. The molecule has 3 heterocycles. The van der Waals surface area contributed by atoms with Gasteiger partial charge in [-0.2, -0.15) is 0 Å². The van der Waals surface area contributed by atoms with E-state index in [9.17, 15) is 0 Å². The lowest BCUT2D eigenvalue weighted by Crippen LogP contribution is -2.29. The summed E-state index contributed by atoms with van der Waals surface area (Å²) in [7, 11) is 1.74. The maximum atomic E-state index is 5.34. The predicted octanol–water partition coefficient (Wildman–Crippen LogP) is 3.91. The van der Waals surface area contributed by atoms with Crippen molar-refractivity contribution in [1.82, 2.24) is 9.80 Å². The van der Waals surface area contributed by atoms with Crippen LogP contribution in [0.15, 0.2) is 29.6 Å². The predicted molar refractivity (Wildman–Crippen MR) is 99.6 cm³/mol. The second-order valence-electron chi connectivity index (χ2n) is 7.00. The molecule has 4 heteroatoms. The van der Waals surface area contributed by atoms with Crippen molar-refractivity contribution in [2.75, 3.05) is 26.7 Å². The summed E-state index contributed by atoms with van der Waals surface area (Å²) in [5, 5.41) is 2.36. The molecule has 0 aliphatic carbocycles. The van der Waals surface area contributed by atoms with Crippen molar-refractivity contribution in [3.63, 3.8) is 0 Å². The first-order valence-electron chi connectivity index (χ1n) is 8.97. The third kappa shape index (κ3) is 3.66. The molecule has 0 saturated carbocycles. The zero-order valence-electron chi connectivity index (χ0n) is 14.5. The number of methoxy groups -OCH3 is 1. The van der Waals surface area contributed by atoms with Gasteiger partial charge in [-0.15, -0.1) is 11.3 Å². The van der Waals surface area contributed by atoms with Gasteiger partial charge in [0.15, 0.2) is 0 Å². The molecular formula is C20H26N2OS. The molecule has 0 atom stereocenters. The molecule has 0 unspecified atom stereocenters. The molecule has 0 N–H and O–H groups in total. The summed E-state index contributed by atoms with van der Waals surface area (Å²) in [4.78, 5) is 6.65. The standard InChI is InChI=1S/C20H26N2OS/c1-23-19-5-4-18-13-22(9-6-17(18)11-19)14-20-10-16(15-24-20)12-21-7-2-3-8-21/h4-5,10-11,15H,2-3,6-9,12-14H2,1H3. The van der Waals surface area contributed by atoms with E-state index in [4.69, 9.17) is 4.74 Å². The number of benzene rings is 1. The van der Waals surface area contributed by atoms with Crippen LogP contribution in [0, 0.1) is 0 Å². The second kappa shape index (κ2) is 7.26. The second-order valence-corrected chi connectivity index (χ2v) is 8.00. The lowest BCUT2D eigenvalue weighted by atomic mass is 9.99. The molecule has 0 radical (unpaired) electrons. The Bertz CT molecular complexity index is 691. The summed E-state index contributed by atoms with van der Waals surface area (Å²) < 4.78 is 5.34. The highest BCUT2D eigenvalue weighted by atomic mass is 32.1. The van der Waals surface area contributed by atoms with E-state index in [2.05, 4.69) is 39.4 Å².